The monoisotopic (exact) mass is 391 g/mol. The fraction of sp³-hybridized carbons (Fsp3) is 0.458. The van der Waals surface area contributed by atoms with Gasteiger partial charge in [0, 0.05) is 37.9 Å². The summed E-state index contributed by atoms with van der Waals surface area (Å²) in [6.45, 7) is 5.54. The van der Waals surface area contributed by atoms with Crippen molar-refractivity contribution in [3.05, 3.63) is 59.7 Å². The second-order valence-electron chi connectivity index (χ2n) is 8.27. The summed E-state index contributed by atoms with van der Waals surface area (Å²) in [5.41, 5.74) is 3.21. The van der Waals surface area contributed by atoms with Crippen molar-refractivity contribution >= 4 is 5.71 Å². The van der Waals surface area contributed by atoms with Crippen molar-refractivity contribution in [2.24, 2.45) is 5.10 Å². The lowest BCUT2D eigenvalue weighted by atomic mass is 9.90. The topological polar surface area (TPSA) is 37.3 Å². The Balaban J connectivity index is 1.49. The SMILES string of the molecule is CCCN1CCC2(CC1)Oc1ccccc1C1CC(c3ccc(OC)cc3)=NN12. The molecule has 1 saturated heterocycles. The number of hydrogen-bond acceptors (Lipinski definition) is 5. The maximum absolute atomic E-state index is 6.69. The lowest BCUT2D eigenvalue weighted by Gasteiger charge is -2.51. The Kier molecular flexibility index (Phi) is 4.70. The molecule has 1 fully saturated rings. The van der Waals surface area contributed by atoms with Crippen LogP contribution >= 0.6 is 0 Å². The number of likely N-dealkylation sites (tertiary alicyclic amines) is 1. The van der Waals surface area contributed by atoms with Gasteiger partial charge in [-0.05, 0) is 48.9 Å². The molecule has 2 aromatic rings. The molecular weight excluding hydrogens is 362 g/mol. The Bertz CT molecular complexity index is 901. The van der Waals surface area contributed by atoms with E-state index in [4.69, 9.17) is 14.6 Å². The van der Waals surface area contributed by atoms with Gasteiger partial charge < -0.3 is 14.4 Å². The average molecular weight is 392 g/mol. The Morgan fingerprint density at radius 3 is 2.59 bits per heavy atom. The largest absolute Gasteiger partial charge is 0.497 e. The molecule has 152 valence electrons. The van der Waals surface area contributed by atoms with Gasteiger partial charge in [-0.3, -0.25) is 0 Å². The second kappa shape index (κ2) is 7.38. The van der Waals surface area contributed by atoms with Crippen LogP contribution in [0.1, 0.15) is 49.8 Å². The Morgan fingerprint density at radius 1 is 1.10 bits per heavy atom. The normalized spacial score (nSPS) is 22.6. The van der Waals surface area contributed by atoms with Crippen molar-refractivity contribution in [3.8, 4) is 11.5 Å². The average Bonchev–Trinajstić information content (AvgIpc) is 3.23. The van der Waals surface area contributed by atoms with Crippen molar-refractivity contribution in [2.45, 2.75) is 44.4 Å². The van der Waals surface area contributed by atoms with E-state index in [9.17, 15) is 0 Å². The number of hydrazone groups is 1. The van der Waals surface area contributed by atoms with Crippen LogP contribution in [0, 0.1) is 0 Å². The van der Waals surface area contributed by atoms with Gasteiger partial charge in [0.2, 0.25) is 5.72 Å². The number of para-hydroxylation sites is 1. The highest BCUT2D eigenvalue weighted by molar-refractivity contribution is 6.02. The zero-order chi connectivity index (χ0) is 19.8. The lowest BCUT2D eigenvalue weighted by Crippen LogP contribution is -2.59. The van der Waals surface area contributed by atoms with Crippen LogP contribution < -0.4 is 9.47 Å². The van der Waals surface area contributed by atoms with E-state index in [-0.39, 0.29) is 11.8 Å². The summed E-state index contributed by atoms with van der Waals surface area (Å²) in [4.78, 5) is 2.55. The lowest BCUT2D eigenvalue weighted by molar-refractivity contribution is -0.149. The van der Waals surface area contributed by atoms with Crippen molar-refractivity contribution in [1.82, 2.24) is 9.91 Å². The molecule has 5 heteroatoms. The number of hydrogen-bond donors (Lipinski definition) is 0. The predicted octanol–water partition coefficient (Wildman–Crippen LogP) is 4.44. The van der Waals surface area contributed by atoms with Gasteiger partial charge in [0.1, 0.15) is 11.5 Å². The molecule has 0 aromatic heterocycles. The van der Waals surface area contributed by atoms with Crippen molar-refractivity contribution in [1.29, 1.82) is 0 Å². The van der Waals surface area contributed by atoms with E-state index >= 15 is 0 Å². The molecule has 1 atom stereocenters. The molecule has 0 aliphatic carbocycles. The van der Waals surface area contributed by atoms with Crippen molar-refractivity contribution in [2.75, 3.05) is 26.7 Å². The maximum Gasteiger partial charge on any atom is 0.200 e. The summed E-state index contributed by atoms with van der Waals surface area (Å²) < 4.78 is 12.0. The third-order valence-corrected chi connectivity index (χ3v) is 6.51. The first-order chi connectivity index (χ1) is 14.2. The van der Waals surface area contributed by atoms with Gasteiger partial charge in [0.15, 0.2) is 0 Å². The molecule has 0 bridgehead atoms. The van der Waals surface area contributed by atoms with Crippen molar-refractivity contribution in [3.63, 3.8) is 0 Å². The number of nitrogens with zero attached hydrogens (tertiary/aromatic N) is 3. The number of piperidine rings is 1. The zero-order valence-electron chi connectivity index (χ0n) is 17.3. The number of ether oxygens (including phenoxy) is 2. The number of methoxy groups -OCH3 is 1. The Labute approximate surface area is 172 Å². The number of benzene rings is 2. The van der Waals surface area contributed by atoms with E-state index in [1.54, 1.807) is 7.11 Å². The van der Waals surface area contributed by atoms with E-state index in [2.05, 4.69) is 53.2 Å². The highest BCUT2D eigenvalue weighted by atomic mass is 16.5. The molecule has 3 heterocycles. The van der Waals surface area contributed by atoms with Crippen LogP contribution in [-0.2, 0) is 0 Å². The summed E-state index contributed by atoms with van der Waals surface area (Å²) in [5.74, 6) is 1.90. The van der Waals surface area contributed by atoms with Crippen LogP contribution in [0.5, 0.6) is 11.5 Å². The van der Waals surface area contributed by atoms with Crippen LogP contribution in [0.3, 0.4) is 0 Å². The molecule has 1 spiro atoms. The van der Waals surface area contributed by atoms with Gasteiger partial charge in [-0.1, -0.05) is 25.1 Å². The molecular formula is C24H29N3O2. The molecule has 29 heavy (non-hydrogen) atoms. The van der Waals surface area contributed by atoms with E-state index in [0.717, 1.165) is 61.7 Å². The minimum Gasteiger partial charge on any atom is -0.497 e. The van der Waals surface area contributed by atoms with Gasteiger partial charge in [-0.2, -0.15) is 5.10 Å². The Hall–Kier alpha value is -2.53. The first kappa shape index (κ1) is 18.5. The third-order valence-electron chi connectivity index (χ3n) is 6.51. The van der Waals surface area contributed by atoms with Gasteiger partial charge in [-0.25, -0.2) is 5.01 Å². The molecule has 5 rings (SSSR count). The van der Waals surface area contributed by atoms with Crippen LogP contribution in [0.25, 0.3) is 0 Å². The zero-order valence-corrected chi connectivity index (χ0v) is 17.3. The molecule has 3 aliphatic heterocycles. The highest BCUT2D eigenvalue weighted by Crippen LogP contribution is 2.49. The summed E-state index contributed by atoms with van der Waals surface area (Å²) in [5, 5.41) is 7.44. The van der Waals surface area contributed by atoms with Crippen LogP contribution in [0.4, 0.5) is 0 Å². The molecule has 0 radical (unpaired) electrons. The molecule has 0 N–H and O–H groups in total. The van der Waals surface area contributed by atoms with E-state index in [1.165, 1.54) is 12.0 Å². The smallest absolute Gasteiger partial charge is 0.200 e. The van der Waals surface area contributed by atoms with Crippen LogP contribution in [0.2, 0.25) is 0 Å². The van der Waals surface area contributed by atoms with Crippen LogP contribution in [0.15, 0.2) is 53.6 Å². The number of rotatable bonds is 4. The highest BCUT2D eigenvalue weighted by Gasteiger charge is 2.51. The molecule has 3 aliphatic rings. The van der Waals surface area contributed by atoms with E-state index < -0.39 is 0 Å². The second-order valence-corrected chi connectivity index (χ2v) is 8.27. The van der Waals surface area contributed by atoms with Gasteiger partial charge in [-0.15, -0.1) is 0 Å². The first-order valence-corrected chi connectivity index (χ1v) is 10.7. The van der Waals surface area contributed by atoms with E-state index in [1.807, 2.05) is 12.1 Å². The molecule has 0 saturated carbocycles. The van der Waals surface area contributed by atoms with Crippen LogP contribution in [-0.4, -0.2) is 48.1 Å². The summed E-state index contributed by atoms with van der Waals surface area (Å²) >= 11 is 0. The van der Waals surface area contributed by atoms with Gasteiger partial charge in [0.25, 0.3) is 0 Å². The fourth-order valence-corrected chi connectivity index (χ4v) is 4.96. The first-order valence-electron chi connectivity index (χ1n) is 10.7. The predicted molar refractivity (Wildman–Crippen MR) is 114 cm³/mol. The molecule has 1 unspecified atom stereocenters. The summed E-state index contributed by atoms with van der Waals surface area (Å²) in [7, 11) is 1.70. The van der Waals surface area contributed by atoms with Crippen molar-refractivity contribution < 1.29 is 9.47 Å². The molecule has 5 nitrogen and oxygen atoms in total. The third kappa shape index (κ3) is 3.18. The fourth-order valence-electron chi connectivity index (χ4n) is 4.96. The minimum absolute atomic E-state index is 0.245. The van der Waals surface area contributed by atoms with Gasteiger partial charge >= 0.3 is 0 Å². The molecule has 2 aromatic carbocycles. The maximum atomic E-state index is 6.69. The Morgan fingerprint density at radius 2 is 1.86 bits per heavy atom. The summed E-state index contributed by atoms with van der Waals surface area (Å²) in [6.07, 6.45) is 4.07. The summed E-state index contributed by atoms with van der Waals surface area (Å²) in [6, 6.07) is 17.0. The van der Waals surface area contributed by atoms with Gasteiger partial charge in [0.05, 0.1) is 18.9 Å². The van der Waals surface area contributed by atoms with E-state index in [0.29, 0.717) is 0 Å². The quantitative estimate of drug-likeness (QED) is 0.772. The minimum atomic E-state index is -0.336. The number of fused-ring (bicyclic) bond motifs is 4. The standard InChI is InChI=1S/C24H29N3O2/c1-3-14-26-15-12-24(13-16-26)27-22(20-6-4-5-7-23(20)29-24)17-21(25-27)18-8-10-19(28-2)11-9-18/h4-11,22H,3,12-17H2,1-2H3. The molecule has 0 amide bonds.